The molecule has 3 fully saturated rings. The van der Waals surface area contributed by atoms with E-state index in [0.29, 0.717) is 30.4 Å². The van der Waals surface area contributed by atoms with Crippen molar-refractivity contribution < 1.29 is 51.9 Å². The number of hydrogen-bond donors (Lipinski definition) is 4. The van der Waals surface area contributed by atoms with Gasteiger partial charge in [0.15, 0.2) is 17.5 Å². The molecule has 2 heterocycles. The van der Waals surface area contributed by atoms with Gasteiger partial charge in [0.2, 0.25) is 5.91 Å². The minimum Gasteiger partial charge on any atom is -0.394 e. The summed E-state index contributed by atoms with van der Waals surface area (Å²) in [4.78, 5) is 14.7. The van der Waals surface area contributed by atoms with Crippen molar-refractivity contribution in [2.75, 3.05) is 20.2 Å². The molecule has 2 aromatic rings. The van der Waals surface area contributed by atoms with E-state index in [1.165, 1.54) is 11.9 Å². The van der Waals surface area contributed by atoms with Gasteiger partial charge in [-0.15, -0.1) is 16.9 Å². The zero-order valence-electron chi connectivity index (χ0n) is 21.7. The lowest BCUT2D eigenvalue weighted by molar-refractivity contribution is -0.206. The first-order valence-electron chi connectivity index (χ1n) is 12.9. The number of benzene rings is 1. The van der Waals surface area contributed by atoms with Gasteiger partial charge in [-0.2, -0.15) is 0 Å². The Balaban J connectivity index is 1.42. The molecular formula is C25H29F5N4O6S. The van der Waals surface area contributed by atoms with E-state index < -0.39 is 89.4 Å². The molecule has 2 aliphatic carbocycles. The summed E-state index contributed by atoms with van der Waals surface area (Å²) >= 11 is 0.598. The number of nitrogens with zero attached hydrogens (tertiary/aromatic N) is 4. The third-order valence-corrected chi connectivity index (χ3v) is 9.23. The lowest BCUT2D eigenvalue weighted by Gasteiger charge is -2.49. The first-order chi connectivity index (χ1) is 19.2. The summed E-state index contributed by atoms with van der Waals surface area (Å²) in [5.74, 6) is -8.18. The minimum atomic E-state index is -3.18. The van der Waals surface area contributed by atoms with Gasteiger partial charge in [-0.25, -0.2) is 26.6 Å². The van der Waals surface area contributed by atoms with Crippen LogP contribution in [0.15, 0.2) is 18.3 Å². The maximum absolute atomic E-state index is 13.9. The number of rotatable bonds is 9. The maximum Gasteiger partial charge on any atom is 0.253 e. The number of hydrogen-bond acceptors (Lipinski definition) is 9. The molecule has 16 heteroatoms. The summed E-state index contributed by atoms with van der Waals surface area (Å²) in [5.41, 5.74) is -3.86. The molecule has 1 aliphatic heterocycles. The predicted molar refractivity (Wildman–Crippen MR) is 133 cm³/mol. The van der Waals surface area contributed by atoms with Crippen LogP contribution in [0.1, 0.15) is 31.7 Å². The van der Waals surface area contributed by atoms with Crippen molar-refractivity contribution in [3.8, 4) is 11.3 Å². The van der Waals surface area contributed by atoms with Gasteiger partial charge < -0.3 is 30.1 Å². The highest BCUT2D eigenvalue weighted by molar-refractivity contribution is 8.01. The largest absolute Gasteiger partial charge is 0.394 e. The van der Waals surface area contributed by atoms with E-state index in [9.17, 15) is 47.2 Å². The first-order valence-corrected chi connectivity index (χ1v) is 13.9. The molecule has 0 radical (unpaired) electrons. The van der Waals surface area contributed by atoms with Gasteiger partial charge >= 0.3 is 0 Å². The molecule has 0 spiro atoms. The third kappa shape index (κ3) is 5.95. The number of ether oxygens (including phenoxy) is 1. The summed E-state index contributed by atoms with van der Waals surface area (Å²) in [6.07, 6.45) is -3.64. The van der Waals surface area contributed by atoms with Gasteiger partial charge in [0, 0.05) is 32.0 Å². The number of aliphatic hydroxyl groups is 4. The van der Waals surface area contributed by atoms with Gasteiger partial charge in [0.25, 0.3) is 5.92 Å². The number of aromatic nitrogens is 3. The number of alkyl halides is 2. The fourth-order valence-corrected chi connectivity index (χ4v) is 6.82. The molecule has 1 aromatic heterocycles. The molecule has 6 atom stereocenters. The number of halogens is 5. The highest BCUT2D eigenvalue weighted by Crippen LogP contribution is 2.52. The van der Waals surface area contributed by atoms with Crippen LogP contribution >= 0.6 is 11.8 Å². The zero-order chi connectivity index (χ0) is 29.9. The van der Waals surface area contributed by atoms with Crippen LogP contribution in [-0.4, -0.2) is 107 Å². The Morgan fingerprint density at radius 2 is 1.83 bits per heavy atom. The molecule has 0 unspecified atom stereocenters. The Hall–Kier alpha value is -2.37. The Bertz CT molecular complexity index is 1270. The van der Waals surface area contributed by atoms with E-state index in [2.05, 4.69) is 10.3 Å². The van der Waals surface area contributed by atoms with E-state index in [-0.39, 0.29) is 17.2 Å². The van der Waals surface area contributed by atoms with Crippen LogP contribution in [0, 0.1) is 23.4 Å². The lowest BCUT2D eigenvalue weighted by atomic mass is 9.74. The Kier molecular flexibility index (Phi) is 8.10. The highest BCUT2D eigenvalue weighted by atomic mass is 32.2. The van der Waals surface area contributed by atoms with E-state index in [0.717, 1.165) is 23.7 Å². The molecule has 0 bridgehead atoms. The van der Waals surface area contributed by atoms with Crippen molar-refractivity contribution in [1.29, 1.82) is 0 Å². The maximum atomic E-state index is 13.9. The third-order valence-electron chi connectivity index (χ3n) is 7.66. The Labute approximate surface area is 235 Å². The van der Waals surface area contributed by atoms with E-state index >= 15 is 0 Å². The SMILES string of the molecule is CN(CC1CC1)C(=O)[C@H](S[C@@H]1O[C@H](CO)[C@H](O)[C@H](n2cc(-c3cc(F)c(F)c(F)c3)nn2)[C@H]1O)C1(O)CC(F)(F)C1. The van der Waals surface area contributed by atoms with Gasteiger partial charge in [-0.05, 0) is 30.9 Å². The van der Waals surface area contributed by atoms with Crippen LogP contribution in [0.25, 0.3) is 11.3 Å². The molecular weight excluding hydrogens is 579 g/mol. The summed E-state index contributed by atoms with van der Waals surface area (Å²) < 4.78 is 75.3. The van der Waals surface area contributed by atoms with Crippen LogP contribution in [0.3, 0.4) is 0 Å². The van der Waals surface area contributed by atoms with Crippen molar-refractivity contribution >= 4 is 17.7 Å². The second-order valence-corrected chi connectivity index (χ2v) is 12.2. The van der Waals surface area contributed by atoms with Gasteiger partial charge in [-0.1, -0.05) is 5.21 Å². The molecule has 5 rings (SSSR count). The van der Waals surface area contributed by atoms with E-state index in [4.69, 9.17) is 4.74 Å². The van der Waals surface area contributed by atoms with Crippen molar-refractivity contribution in [1.82, 2.24) is 19.9 Å². The van der Waals surface area contributed by atoms with E-state index in [1.54, 1.807) is 0 Å². The first kappa shape index (κ1) is 30.1. The normalized spacial score (nSPS) is 29.6. The number of carbonyl (C=O) groups is 1. The molecule has 41 heavy (non-hydrogen) atoms. The Morgan fingerprint density at radius 1 is 1.20 bits per heavy atom. The number of carbonyl (C=O) groups excluding carboxylic acids is 1. The second-order valence-electron chi connectivity index (χ2n) is 11.0. The number of thioether (sulfide) groups is 1. The fourth-order valence-electron chi connectivity index (χ4n) is 5.31. The standard InChI is InChI=1S/C25H29F5N4O6S/c1-33(6-11-2-3-11)22(38)21(24(39)9-25(29,30)10-24)41-23-20(37)18(19(36)16(8-35)40-23)34-7-15(31-32-34)12-4-13(26)17(28)14(27)5-12/h4-5,7,11,16,18-21,23,35-37,39H,2-3,6,8-10H2,1H3/t16-,18+,19+,20-,21+,23+/m1/s1. The molecule has 3 aliphatic rings. The summed E-state index contributed by atoms with van der Waals surface area (Å²) in [7, 11) is 1.49. The van der Waals surface area contributed by atoms with Crippen LogP contribution in [-0.2, 0) is 9.53 Å². The fraction of sp³-hybridized carbons (Fsp3) is 0.640. The van der Waals surface area contributed by atoms with Crippen molar-refractivity contribution in [2.45, 2.75) is 72.2 Å². The summed E-state index contributed by atoms with van der Waals surface area (Å²) in [6, 6.07) is -0.0306. The molecule has 4 N–H and O–H groups in total. The highest BCUT2D eigenvalue weighted by Gasteiger charge is 2.63. The molecule has 1 amide bonds. The molecule has 2 saturated carbocycles. The lowest BCUT2D eigenvalue weighted by Crippen LogP contribution is -2.63. The smallest absolute Gasteiger partial charge is 0.253 e. The van der Waals surface area contributed by atoms with Gasteiger partial charge in [0.05, 0.1) is 18.4 Å². The van der Waals surface area contributed by atoms with Crippen LogP contribution in [0.2, 0.25) is 0 Å². The number of aliphatic hydroxyl groups excluding tert-OH is 3. The predicted octanol–water partition coefficient (Wildman–Crippen LogP) is 1.47. The molecule has 10 nitrogen and oxygen atoms in total. The van der Waals surface area contributed by atoms with Crippen LogP contribution < -0.4 is 0 Å². The van der Waals surface area contributed by atoms with Crippen molar-refractivity contribution in [3.05, 3.63) is 35.8 Å². The molecule has 1 saturated heterocycles. The van der Waals surface area contributed by atoms with Gasteiger partial charge in [-0.3, -0.25) is 4.79 Å². The Morgan fingerprint density at radius 3 is 2.39 bits per heavy atom. The minimum absolute atomic E-state index is 0.140. The zero-order valence-corrected chi connectivity index (χ0v) is 22.5. The van der Waals surface area contributed by atoms with Crippen LogP contribution in [0.5, 0.6) is 0 Å². The van der Waals surface area contributed by atoms with Crippen LogP contribution in [0.4, 0.5) is 22.0 Å². The average molecular weight is 609 g/mol. The topological polar surface area (TPSA) is 141 Å². The quantitative estimate of drug-likeness (QED) is 0.246. The average Bonchev–Trinajstić information content (AvgIpc) is 3.57. The van der Waals surface area contributed by atoms with Crippen molar-refractivity contribution in [3.63, 3.8) is 0 Å². The molecule has 1 aromatic carbocycles. The number of amides is 1. The monoisotopic (exact) mass is 608 g/mol. The molecule has 226 valence electrons. The van der Waals surface area contributed by atoms with E-state index in [1.807, 2.05) is 0 Å². The second kappa shape index (κ2) is 11.0. The van der Waals surface area contributed by atoms with Gasteiger partial charge in [0.1, 0.15) is 40.7 Å². The summed E-state index contributed by atoms with van der Waals surface area (Å²) in [5, 5.41) is 49.1. The van der Waals surface area contributed by atoms with Crippen molar-refractivity contribution in [2.24, 2.45) is 5.92 Å². The summed E-state index contributed by atoms with van der Waals surface area (Å²) in [6.45, 7) is -0.386.